The first-order chi connectivity index (χ1) is 9.67. The fourth-order valence-corrected chi connectivity index (χ4v) is 2.90. The van der Waals surface area contributed by atoms with Crippen LogP contribution in [0.4, 0.5) is 0 Å². The van der Waals surface area contributed by atoms with Crippen molar-refractivity contribution in [1.82, 2.24) is 4.90 Å². The molecule has 2 N–H and O–H groups in total. The van der Waals surface area contributed by atoms with Gasteiger partial charge >= 0.3 is 5.97 Å². The van der Waals surface area contributed by atoms with Crippen LogP contribution in [0, 0.1) is 0 Å². The van der Waals surface area contributed by atoms with Crippen molar-refractivity contribution in [2.24, 2.45) is 5.73 Å². The molecular weight excluding hydrogens is 256 g/mol. The second-order valence-corrected chi connectivity index (χ2v) is 5.32. The van der Waals surface area contributed by atoms with Gasteiger partial charge in [-0.25, -0.2) is 4.79 Å². The van der Waals surface area contributed by atoms with Crippen LogP contribution in [-0.4, -0.2) is 36.1 Å². The molecule has 20 heavy (non-hydrogen) atoms. The van der Waals surface area contributed by atoms with Gasteiger partial charge in [0, 0.05) is 18.6 Å². The van der Waals surface area contributed by atoms with Crippen LogP contribution in [-0.2, 0) is 11.3 Å². The number of carbonyl (C=O) groups excluding carboxylic acids is 1. The van der Waals surface area contributed by atoms with Crippen molar-refractivity contribution in [2.45, 2.75) is 51.7 Å². The summed E-state index contributed by atoms with van der Waals surface area (Å²) in [5.41, 5.74) is 6.39. The summed E-state index contributed by atoms with van der Waals surface area (Å²) in [6, 6.07) is 2.50. The molecule has 1 aromatic heterocycles. The molecule has 2 atom stereocenters. The van der Waals surface area contributed by atoms with Crippen LogP contribution in [0.25, 0.3) is 0 Å². The Balaban J connectivity index is 2.12. The molecule has 1 saturated heterocycles. The molecule has 5 heteroatoms. The van der Waals surface area contributed by atoms with E-state index in [0.29, 0.717) is 43.1 Å². The highest BCUT2D eigenvalue weighted by Gasteiger charge is 2.29. The van der Waals surface area contributed by atoms with E-state index in [1.807, 2.05) is 0 Å². The summed E-state index contributed by atoms with van der Waals surface area (Å²) in [7, 11) is 0. The maximum Gasteiger partial charge on any atom is 0.341 e. The van der Waals surface area contributed by atoms with Gasteiger partial charge in [0.25, 0.3) is 0 Å². The highest BCUT2D eigenvalue weighted by molar-refractivity contribution is 5.90. The van der Waals surface area contributed by atoms with Gasteiger partial charge < -0.3 is 14.9 Å². The molecule has 1 aliphatic heterocycles. The Bertz CT molecular complexity index is 444. The predicted molar refractivity (Wildman–Crippen MR) is 76.4 cm³/mol. The molecule has 0 aliphatic carbocycles. The van der Waals surface area contributed by atoms with Crippen molar-refractivity contribution in [3.05, 3.63) is 23.7 Å². The zero-order valence-corrected chi connectivity index (χ0v) is 12.3. The molecule has 0 saturated carbocycles. The van der Waals surface area contributed by atoms with Crippen molar-refractivity contribution >= 4 is 5.97 Å². The number of likely N-dealkylation sites (tertiary alicyclic amines) is 1. The van der Waals surface area contributed by atoms with Gasteiger partial charge in [-0.1, -0.05) is 6.42 Å². The molecule has 2 unspecified atom stereocenters. The summed E-state index contributed by atoms with van der Waals surface area (Å²) in [5.74, 6) is 0.362. The third kappa shape index (κ3) is 3.22. The Hall–Kier alpha value is -1.33. The number of furan rings is 1. The highest BCUT2D eigenvalue weighted by Crippen LogP contribution is 2.26. The summed E-state index contributed by atoms with van der Waals surface area (Å²) in [6.45, 7) is 5.63. The third-order valence-corrected chi connectivity index (χ3v) is 4.03. The molecule has 112 valence electrons. The van der Waals surface area contributed by atoms with Gasteiger partial charge in [-0.15, -0.1) is 0 Å². The molecule has 5 nitrogen and oxygen atoms in total. The van der Waals surface area contributed by atoms with E-state index in [-0.39, 0.29) is 5.97 Å². The monoisotopic (exact) mass is 280 g/mol. The quantitative estimate of drug-likeness (QED) is 0.837. The van der Waals surface area contributed by atoms with Crippen molar-refractivity contribution in [2.75, 3.05) is 13.2 Å². The van der Waals surface area contributed by atoms with E-state index in [1.165, 1.54) is 6.42 Å². The molecule has 0 aromatic carbocycles. The van der Waals surface area contributed by atoms with E-state index in [9.17, 15) is 4.79 Å². The molecule has 0 bridgehead atoms. The standard InChI is InChI=1S/C15H24N2O3/c1-3-19-15(18)13-7-8-20-14(13)10-17-11(2)5-4-6-12(17)9-16/h7-8,11-12H,3-6,9-10,16H2,1-2H3. The lowest BCUT2D eigenvalue weighted by Gasteiger charge is -2.39. The Morgan fingerprint density at radius 1 is 1.55 bits per heavy atom. The summed E-state index contributed by atoms with van der Waals surface area (Å²) in [6.07, 6.45) is 5.03. The van der Waals surface area contributed by atoms with Crippen LogP contribution >= 0.6 is 0 Å². The zero-order chi connectivity index (χ0) is 14.5. The summed E-state index contributed by atoms with van der Waals surface area (Å²) >= 11 is 0. The molecule has 0 radical (unpaired) electrons. The maximum atomic E-state index is 11.9. The smallest absolute Gasteiger partial charge is 0.341 e. The van der Waals surface area contributed by atoms with Crippen LogP contribution in [0.5, 0.6) is 0 Å². The van der Waals surface area contributed by atoms with E-state index in [1.54, 1.807) is 19.3 Å². The van der Waals surface area contributed by atoms with Crippen LogP contribution in [0.15, 0.2) is 16.7 Å². The fraction of sp³-hybridized carbons (Fsp3) is 0.667. The minimum atomic E-state index is -0.315. The number of rotatable bonds is 5. The molecular formula is C15H24N2O3. The number of carbonyl (C=O) groups is 1. The number of hydrogen-bond donors (Lipinski definition) is 1. The average Bonchev–Trinajstić information content (AvgIpc) is 2.89. The van der Waals surface area contributed by atoms with Gasteiger partial charge in [-0.05, 0) is 32.8 Å². The maximum absolute atomic E-state index is 11.9. The van der Waals surface area contributed by atoms with Crippen molar-refractivity contribution < 1.29 is 13.9 Å². The van der Waals surface area contributed by atoms with Crippen LogP contribution in [0.3, 0.4) is 0 Å². The first-order valence-corrected chi connectivity index (χ1v) is 7.36. The minimum absolute atomic E-state index is 0.315. The number of hydrogen-bond acceptors (Lipinski definition) is 5. The van der Waals surface area contributed by atoms with Crippen LogP contribution in [0.2, 0.25) is 0 Å². The number of esters is 1. The normalized spacial score (nSPS) is 23.8. The Kier molecular flexibility index (Phi) is 5.20. The molecule has 1 fully saturated rings. The lowest BCUT2D eigenvalue weighted by atomic mass is 9.96. The van der Waals surface area contributed by atoms with Crippen molar-refractivity contribution in [3.63, 3.8) is 0 Å². The lowest BCUT2D eigenvalue weighted by Crippen LogP contribution is -2.48. The first kappa shape index (κ1) is 15.1. The van der Waals surface area contributed by atoms with Gasteiger partial charge in [-0.2, -0.15) is 0 Å². The topological polar surface area (TPSA) is 68.7 Å². The number of ether oxygens (including phenoxy) is 1. The van der Waals surface area contributed by atoms with Crippen LogP contribution in [0.1, 0.15) is 49.2 Å². The second-order valence-electron chi connectivity index (χ2n) is 5.32. The Morgan fingerprint density at radius 2 is 2.35 bits per heavy atom. The largest absolute Gasteiger partial charge is 0.467 e. The Labute approximate surface area is 120 Å². The molecule has 0 spiro atoms. The summed E-state index contributed by atoms with van der Waals surface area (Å²) in [4.78, 5) is 14.2. The number of nitrogens with zero attached hydrogens (tertiary/aromatic N) is 1. The summed E-state index contributed by atoms with van der Waals surface area (Å²) in [5, 5.41) is 0. The van der Waals surface area contributed by atoms with Gasteiger partial charge in [0.15, 0.2) is 0 Å². The van der Waals surface area contributed by atoms with Gasteiger partial charge in [0.05, 0.1) is 19.4 Å². The molecule has 1 aliphatic rings. The highest BCUT2D eigenvalue weighted by atomic mass is 16.5. The van der Waals surface area contributed by atoms with Crippen LogP contribution < -0.4 is 5.73 Å². The SMILES string of the molecule is CCOC(=O)c1ccoc1CN1C(C)CCCC1CN. The van der Waals surface area contributed by atoms with Crippen molar-refractivity contribution in [3.8, 4) is 0 Å². The van der Waals surface area contributed by atoms with Crippen molar-refractivity contribution in [1.29, 1.82) is 0 Å². The van der Waals surface area contributed by atoms with E-state index in [4.69, 9.17) is 14.9 Å². The molecule has 2 heterocycles. The van der Waals surface area contributed by atoms with Gasteiger partial charge in [0.1, 0.15) is 11.3 Å². The number of nitrogens with two attached hydrogens (primary N) is 1. The summed E-state index contributed by atoms with van der Waals surface area (Å²) < 4.78 is 10.5. The van der Waals surface area contributed by atoms with Gasteiger partial charge in [0.2, 0.25) is 0 Å². The molecule has 0 amide bonds. The molecule has 1 aromatic rings. The molecule has 2 rings (SSSR count). The third-order valence-electron chi connectivity index (χ3n) is 4.03. The first-order valence-electron chi connectivity index (χ1n) is 7.36. The Morgan fingerprint density at radius 3 is 3.05 bits per heavy atom. The van der Waals surface area contributed by atoms with E-state index in [2.05, 4.69) is 11.8 Å². The lowest BCUT2D eigenvalue weighted by molar-refractivity contribution is 0.0511. The van der Waals surface area contributed by atoms with E-state index in [0.717, 1.165) is 12.8 Å². The number of piperidine rings is 1. The zero-order valence-electron chi connectivity index (χ0n) is 12.3. The van der Waals surface area contributed by atoms with E-state index < -0.39 is 0 Å². The average molecular weight is 280 g/mol. The van der Waals surface area contributed by atoms with Gasteiger partial charge in [-0.3, -0.25) is 4.90 Å². The minimum Gasteiger partial charge on any atom is -0.467 e. The fourth-order valence-electron chi connectivity index (χ4n) is 2.90. The van der Waals surface area contributed by atoms with E-state index >= 15 is 0 Å². The second kappa shape index (κ2) is 6.90. The predicted octanol–water partition coefficient (Wildman–Crippen LogP) is 2.16.